The highest BCUT2D eigenvalue weighted by Crippen LogP contribution is 2.26. The van der Waals surface area contributed by atoms with Gasteiger partial charge < -0.3 is 9.84 Å². The Kier molecular flexibility index (Phi) is 3.30. The summed E-state index contributed by atoms with van der Waals surface area (Å²) in [5.74, 6) is -0.660. The predicted molar refractivity (Wildman–Crippen MR) is 57.4 cm³/mol. The van der Waals surface area contributed by atoms with Crippen LogP contribution in [-0.2, 0) is 0 Å². The molecule has 1 aromatic carbocycles. The van der Waals surface area contributed by atoms with Crippen LogP contribution in [0.3, 0.4) is 0 Å². The van der Waals surface area contributed by atoms with Crippen molar-refractivity contribution in [1.82, 2.24) is 0 Å². The number of nitriles is 1. The molecule has 0 spiro atoms. The fraction of sp³-hybridized carbons (Fsp3) is 0.111. The monoisotopic (exact) mass is 303 g/mol. The first-order chi connectivity index (χ1) is 6.61. The van der Waals surface area contributed by atoms with E-state index < -0.39 is 5.97 Å². The van der Waals surface area contributed by atoms with E-state index in [-0.39, 0.29) is 11.1 Å². The van der Waals surface area contributed by atoms with Gasteiger partial charge >= 0.3 is 5.97 Å². The van der Waals surface area contributed by atoms with Gasteiger partial charge in [-0.25, -0.2) is 4.79 Å². The lowest BCUT2D eigenvalue weighted by Crippen LogP contribution is -2.04. The summed E-state index contributed by atoms with van der Waals surface area (Å²) in [6.45, 7) is 0. The topological polar surface area (TPSA) is 70.3 Å². The molecule has 0 heterocycles. The first-order valence-corrected chi connectivity index (χ1v) is 4.69. The molecule has 5 heteroatoms. The van der Waals surface area contributed by atoms with E-state index >= 15 is 0 Å². The molecule has 0 unspecified atom stereocenters. The molecule has 0 aliphatic rings. The summed E-state index contributed by atoms with van der Waals surface area (Å²) in [5, 5.41) is 17.6. The zero-order chi connectivity index (χ0) is 10.7. The second-order valence-electron chi connectivity index (χ2n) is 2.42. The van der Waals surface area contributed by atoms with E-state index in [1.165, 1.54) is 13.2 Å². The van der Waals surface area contributed by atoms with Gasteiger partial charge in [0.1, 0.15) is 11.8 Å². The minimum absolute atomic E-state index is 0.00699. The maximum absolute atomic E-state index is 10.9. The highest BCUT2D eigenvalue weighted by atomic mass is 127. The van der Waals surface area contributed by atoms with Crippen molar-refractivity contribution in [3.63, 3.8) is 0 Å². The number of carbonyl (C=O) groups is 1. The highest BCUT2D eigenvalue weighted by molar-refractivity contribution is 14.1. The lowest BCUT2D eigenvalue weighted by Gasteiger charge is -2.06. The van der Waals surface area contributed by atoms with Gasteiger partial charge in [-0.05, 0) is 34.7 Å². The molecule has 0 aliphatic carbocycles. The largest absolute Gasteiger partial charge is 0.496 e. The fourth-order valence-corrected chi connectivity index (χ4v) is 1.94. The molecular formula is C9H6INO3. The van der Waals surface area contributed by atoms with Crippen LogP contribution < -0.4 is 4.74 Å². The summed E-state index contributed by atoms with van der Waals surface area (Å²) < 4.78 is 5.40. The number of ether oxygens (including phenoxy) is 1. The van der Waals surface area contributed by atoms with Crippen LogP contribution in [0.5, 0.6) is 5.75 Å². The minimum Gasteiger partial charge on any atom is -0.496 e. The van der Waals surface area contributed by atoms with Gasteiger partial charge in [-0.3, -0.25) is 0 Å². The Hall–Kier alpha value is -1.29. The van der Waals surface area contributed by atoms with E-state index in [0.29, 0.717) is 9.32 Å². The maximum atomic E-state index is 10.9. The number of hydrogen-bond donors (Lipinski definition) is 1. The second kappa shape index (κ2) is 4.28. The van der Waals surface area contributed by atoms with Crippen LogP contribution in [-0.4, -0.2) is 18.2 Å². The summed E-state index contributed by atoms with van der Waals surface area (Å²) in [6.07, 6.45) is 0. The number of halogens is 1. The summed E-state index contributed by atoms with van der Waals surface area (Å²) in [5.41, 5.74) is 0.134. The zero-order valence-corrected chi connectivity index (χ0v) is 9.40. The summed E-state index contributed by atoms with van der Waals surface area (Å²) in [6, 6.07) is 4.84. The number of rotatable bonds is 2. The maximum Gasteiger partial charge on any atom is 0.338 e. The third kappa shape index (κ3) is 1.80. The molecule has 0 saturated heterocycles. The van der Waals surface area contributed by atoms with Crippen molar-refractivity contribution in [2.24, 2.45) is 0 Å². The van der Waals surface area contributed by atoms with Gasteiger partial charge in [0.05, 0.1) is 21.8 Å². The Balaban J connectivity index is 3.49. The summed E-state index contributed by atoms with van der Waals surface area (Å²) in [4.78, 5) is 10.9. The predicted octanol–water partition coefficient (Wildman–Crippen LogP) is 1.87. The molecule has 0 aliphatic heterocycles. The molecule has 0 amide bonds. The molecule has 0 aromatic heterocycles. The number of carboxylic acid groups (broad SMARTS) is 1. The molecule has 0 saturated carbocycles. The number of benzene rings is 1. The van der Waals surface area contributed by atoms with Crippen LogP contribution in [0.25, 0.3) is 0 Å². The summed E-state index contributed by atoms with van der Waals surface area (Å²) in [7, 11) is 1.45. The molecule has 0 fully saturated rings. The SMILES string of the molecule is COc1ccc(C#N)c(C(=O)O)c1I. The van der Waals surface area contributed by atoms with Crippen LogP contribution in [0.4, 0.5) is 0 Å². The number of aromatic carboxylic acids is 1. The average molecular weight is 303 g/mol. The average Bonchev–Trinajstić information content (AvgIpc) is 2.16. The van der Waals surface area contributed by atoms with Crippen molar-refractivity contribution in [3.05, 3.63) is 26.8 Å². The molecule has 0 atom stereocenters. The quantitative estimate of drug-likeness (QED) is 0.847. The molecule has 1 rings (SSSR count). The van der Waals surface area contributed by atoms with Crippen LogP contribution in [0.2, 0.25) is 0 Å². The molecule has 14 heavy (non-hydrogen) atoms. The highest BCUT2D eigenvalue weighted by Gasteiger charge is 2.17. The van der Waals surface area contributed by atoms with Crippen LogP contribution >= 0.6 is 22.6 Å². The van der Waals surface area contributed by atoms with E-state index in [2.05, 4.69) is 0 Å². The fourth-order valence-electron chi connectivity index (χ4n) is 1.02. The third-order valence-corrected chi connectivity index (χ3v) is 2.73. The second-order valence-corrected chi connectivity index (χ2v) is 3.50. The van der Waals surface area contributed by atoms with E-state index in [9.17, 15) is 4.79 Å². The summed E-state index contributed by atoms with van der Waals surface area (Å²) >= 11 is 1.85. The van der Waals surface area contributed by atoms with Gasteiger partial charge in [-0.1, -0.05) is 0 Å². The third-order valence-electron chi connectivity index (χ3n) is 1.66. The smallest absolute Gasteiger partial charge is 0.338 e. The van der Waals surface area contributed by atoms with Crippen LogP contribution in [0.1, 0.15) is 15.9 Å². The van der Waals surface area contributed by atoms with Gasteiger partial charge in [0.2, 0.25) is 0 Å². The minimum atomic E-state index is -1.12. The lowest BCUT2D eigenvalue weighted by atomic mass is 10.1. The Morgan fingerprint density at radius 3 is 2.71 bits per heavy atom. The molecule has 4 nitrogen and oxygen atoms in total. The van der Waals surface area contributed by atoms with Crippen molar-refractivity contribution in [1.29, 1.82) is 5.26 Å². The zero-order valence-electron chi connectivity index (χ0n) is 7.24. The van der Waals surface area contributed by atoms with Crippen molar-refractivity contribution >= 4 is 28.6 Å². The van der Waals surface area contributed by atoms with Gasteiger partial charge in [-0.2, -0.15) is 5.26 Å². The first-order valence-electron chi connectivity index (χ1n) is 3.61. The number of methoxy groups -OCH3 is 1. The molecular weight excluding hydrogens is 297 g/mol. The van der Waals surface area contributed by atoms with Gasteiger partial charge in [0, 0.05) is 0 Å². The van der Waals surface area contributed by atoms with Crippen molar-refractivity contribution in [2.75, 3.05) is 7.11 Å². The Morgan fingerprint density at radius 1 is 1.64 bits per heavy atom. The van der Waals surface area contributed by atoms with Crippen LogP contribution in [0, 0.1) is 14.9 Å². The van der Waals surface area contributed by atoms with Crippen molar-refractivity contribution in [3.8, 4) is 11.8 Å². The number of nitrogens with zero attached hydrogens (tertiary/aromatic N) is 1. The van der Waals surface area contributed by atoms with E-state index in [1.807, 2.05) is 28.7 Å². The van der Waals surface area contributed by atoms with Crippen LogP contribution in [0.15, 0.2) is 12.1 Å². The van der Waals surface area contributed by atoms with E-state index in [0.717, 1.165) is 0 Å². The lowest BCUT2D eigenvalue weighted by molar-refractivity contribution is 0.0695. The van der Waals surface area contributed by atoms with Gasteiger partial charge in [-0.15, -0.1) is 0 Å². The van der Waals surface area contributed by atoms with Gasteiger partial charge in [0.15, 0.2) is 0 Å². The van der Waals surface area contributed by atoms with Crippen molar-refractivity contribution < 1.29 is 14.6 Å². The number of hydrogen-bond acceptors (Lipinski definition) is 3. The Morgan fingerprint density at radius 2 is 2.29 bits per heavy atom. The normalized spacial score (nSPS) is 9.21. The standard InChI is InChI=1S/C9H6INO3/c1-14-6-3-2-5(4-11)7(8(6)10)9(12)13/h2-3H,1H3,(H,12,13). The molecule has 0 radical (unpaired) electrons. The van der Waals surface area contributed by atoms with E-state index in [4.69, 9.17) is 15.1 Å². The van der Waals surface area contributed by atoms with Gasteiger partial charge in [0.25, 0.3) is 0 Å². The Bertz CT molecular complexity index is 423. The Labute approximate surface area is 94.2 Å². The molecule has 72 valence electrons. The molecule has 0 bridgehead atoms. The van der Waals surface area contributed by atoms with Crippen molar-refractivity contribution in [2.45, 2.75) is 0 Å². The van der Waals surface area contributed by atoms with E-state index in [1.54, 1.807) is 6.07 Å². The molecule has 1 N–H and O–H groups in total. The number of carboxylic acids is 1. The molecule has 1 aromatic rings. The first kappa shape index (κ1) is 10.8.